The first-order valence-electron chi connectivity index (χ1n) is 7.44. The summed E-state index contributed by atoms with van der Waals surface area (Å²) in [4.78, 5) is 0.0627. The summed E-state index contributed by atoms with van der Waals surface area (Å²) in [6.07, 6.45) is 3.63. The van der Waals surface area contributed by atoms with E-state index in [0.717, 1.165) is 15.6 Å². The van der Waals surface area contributed by atoms with Gasteiger partial charge in [0.05, 0.1) is 11.6 Å². The Labute approximate surface area is 159 Å². The van der Waals surface area contributed by atoms with Crippen molar-refractivity contribution in [3.63, 3.8) is 0 Å². The van der Waals surface area contributed by atoms with E-state index in [9.17, 15) is 8.42 Å². The van der Waals surface area contributed by atoms with E-state index in [1.54, 1.807) is 18.3 Å². The first-order valence-corrected chi connectivity index (χ1v) is 10.1. The zero-order valence-electron chi connectivity index (χ0n) is 13.1. The average molecular weight is 441 g/mol. The second kappa shape index (κ2) is 7.70. The number of hydrogen-bond acceptors (Lipinski definition) is 3. The van der Waals surface area contributed by atoms with Crippen LogP contribution in [0.3, 0.4) is 0 Å². The lowest BCUT2D eigenvalue weighted by Gasteiger charge is -2.09. The standard InChI is InChI=1S/C17H15BrClN3O2S/c18-15-6-7-17(16(19)10-15)25(23,24)21-11-13-2-4-14(5-3-13)12-22-9-1-8-20-22/h1-10,21H,11-12H2. The van der Waals surface area contributed by atoms with Gasteiger partial charge < -0.3 is 0 Å². The maximum atomic E-state index is 12.4. The summed E-state index contributed by atoms with van der Waals surface area (Å²) in [6.45, 7) is 0.865. The lowest BCUT2D eigenvalue weighted by atomic mass is 10.1. The highest BCUT2D eigenvalue weighted by Gasteiger charge is 2.17. The molecule has 0 atom stereocenters. The lowest BCUT2D eigenvalue weighted by Crippen LogP contribution is -2.23. The van der Waals surface area contributed by atoms with Gasteiger partial charge in [-0.25, -0.2) is 13.1 Å². The van der Waals surface area contributed by atoms with Crippen molar-refractivity contribution in [2.75, 3.05) is 0 Å². The third-order valence-electron chi connectivity index (χ3n) is 3.58. The van der Waals surface area contributed by atoms with Crippen LogP contribution in [0, 0.1) is 0 Å². The zero-order valence-corrected chi connectivity index (χ0v) is 16.2. The molecular weight excluding hydrogens is 426 g/mol. The van der Waals surface area contributed by atoms with Gasteiger partial charge in [0.15, 0.2) is 0 Å². The molecule has 0 amide bonds. The van der Waals surface area contributed by atoms with Gasteiger partial charge in [0.25, 0.3) is 0 Å². The van der Waals surface area contributed by atoms with Crippen molar-refractivity contribution in [1.29, 1.82) is 0 Å². The van der Waals surface area contributed by atoms with Crippen LogP contribution in [0.5, 0.6) is 0 Å². The molecule has 25 heavy (non-hydrogen) atoms. The van der Waals surface area contributed by atoms with Gasteiger partial charge in [0, 0.05) is 23.4 Å². The van der Waals surface area contributed by atoms with Crippen LogP contribution in [0.2, 0.25) is 5.02 Å². The molecule has 0 bridgehead atoms. The highest BCUT2D eigenvalue weighted by molar-refractivity contribution is 9.10. The van der Waals surface area contributed by atoms with Gasteiger partial charge in [0.2, 0.25) is 10.0 Å². The molecule has 0 unspecified atom stereocenters. The largest absolute Gasteiger partial charge is 0.268 e. The molecule has 1 N–H and O–H groups in total. The third kappa shape index (κ3) is 4.70. The van der Waals surface area contributed by atoms with E-state index in [0.29, 0.717) is 6.54 Å². The van der Waals surface area contributed by atoms with Crippen LogP contribution in [-0.2, 0) is 23.1 Å². The molecule has 3 rings (SSSR count). The number of nitrogens with zero attached hydrogens (tertiary/aromatic N) is 2. The average Bonchev–Trinajstić information content (AvgIpc) is 3.07. The first kappa shape index (κ1) is 18.1. The predicted octanol–water partition coefficient (Wildman–Crippen LogP) is 3.83. The van der Waals surface area contributed by atoms with E-state index in [1.807, 2.05) is 41.2 Å². The van der Waals surface area contributed by atoms with Crippen LogP contribution in [0.25, 0.3) is 0 Å². The molecule has 0 aliphatic carbocycles. The molecule has 3 aromatic rings. The summed E-state index contributed by atoms with van der Waals surface area (Å²) < 4.78 is 29.9. The Morgan fingerprint density at radius 3 is 2.48 bits per heavy atom. The van der Waals surface area contributed by atoms with Gasteiger partial charge in [-0.05, 0) is 35.4 Å². The van der Waals surface area contributed by atoms with E-state index in [2.05, 4.69) is 25.8 Å². The zero-order chi connectivity index (χ0) is 17.9. The van der Waals surface area contributed by atoms with E-state index in [-0.39, 0.29) is 16.5 Å². The molecule has 0 aliphatic heterocycles. The van der Waals surface area contributed by atoms with Gasteiger partial charge in [0.1, 0.15) is 4.90 Å². The van der Waals surface area contributed by atoms with E-state index < -0.39 is 10.0 Å². The minimum Gasteiger partial charge on any atom is -0.268 e. The van der Waals surface area contributed by atoms with Crippen molar-refractivity contribution < 1.29 is 8.42 Å². The van der Waals surface area contributed by atoms with Crippen molar-refractivity contribution in [3.8, 4) is 0 Å². The molecule has 130 valence electrons. The normalized spacial score (nSPS) is 11.6. The fourth-order valence-electron chi connectivity index (χ4n) is 2.29. The number of aromatic nitrogens is 2. The summed E-state index contributed by atoms with van der Waals surface area (Å²) in [7, 11) is -3.67. The third-order valence-corrected chi connectivity index (χ3v) is 5.95. The van der Waals surface area contributed by atoms with Crippen molar-refractivity contribution in [1.82, 2.24) is 14.5 Å². The smallest absolute Gasteiger partial charge is 0.242 e. The number of sulfonamides is 1. The van der Waals surface area contributed by atoms with Gasteiger partial charge in [-0.15, -0.1) is 0 Å². The Balaban J connectivity index is 1.66. The molecule has 0 fully saturated rings. The minimum absolute atomic E-state index is 0.0627. The van der Waals surface area contributed by atoms with Gasteiger partial charge in [-0.2, -0.15) is 5.10 Å². The van der Waals surface area contributed by atoms with Crippen molar-refractivity contribution >= 4 is 37.6 Å². The molecule has 0 saturated heterocycles. The van der Waals surface area contributed by atoms with Crippen LogP contribution in [0.4, 0.5) is 0 Å². The number of rotatable bonds is 6. The Morgan fingerprint density at radius 2 is 1.84 bits per heavy atom. The molecule has 5 nitrogen and oxygen atoms in total. The van der Waals surface area contributed by atoms with E-state index in [4.69, 9.17) is 11.6 Å². The minimum atomic E-state index is -3.67. The maximum absolute atomic E-state index is 12.4. The summed E-state index contributed by atoms with van der Waals surface area (Å²) in [5.41, 5.74) is 1.95. The molecule has 1 aromatic heterocycles. The van der Waals surface area contributed by atoms with Gasteiger partial charge >= 0.3 is 0 Å². The fraction of sp³-hybridized carbons (Fsp3) is 0.118. The van der Waals surface area contributed by atoms with Crippen molar-refractivity contribution in [2.45, 2.75) is 18.0 Å². The Morgan fingerprint density at radius 1 is 1.12 bits per heavy atom. The fourth-order valence-corrected chi connectivity index (χ4v) is 4.35. The Bertz CT molecular complexity index is 958. The molecule has 0 aliphatic rings. The monoisotopic (exact) mass is 439 g/mol. The maximum Gasteiger partial charge on any atom is 0.242 e. The Hall–Kier alpha value is -1.67. The summed E-state index contributed by atoms with van der Waals surface area (Å²) in [6, 6.07) is 14.2. The van der Waals surface area contributed by atoms with Gasteiger partial charge in [-0.1, -0.05) is 51.8 Å². The summed E-state index contributed by atoms with van der Waals surface area (Å²) in [5, 5.41) is 4.34. The van der Waals surface area contributed by atoms with E-state index in [1.165, 1.54) is 6.07 Å². The summed E-state index contributed by atoms with van der Waals surface area (Å²) in [5.74, 6) is 0. The molecule has 1 heterocycles. The quantitative estimate of drug-likeness (QED) is 0.634. The predicted molar refractivity (Wildman–Crippen MR) is 101 cm³/mol. The van der Waals surface area contributed by atoms with Crippen molar-refractivity contribution in [3.05, 3.63) is 81.5 Å². The highest BCUT2D eigenvalue weighted by Crippen LogP contribution is 2.25. The van der Waals surface area contributed by atoms with E-state index >= 15 is 0 Å². The van der Waals surface area contributed by atoms with Crippen LogP contribution in [0.1, 0.15) is 11.1 Å². The second-order valence-electron chi connectivity index (χ2n) is 5.42. The lowest BCUT2D eigenvalue weighted by molar-refractivity contribution is 0.581. The first-order chi connectivity index (χ1) is 11.9. The van der Waals surface area contributed by atoms with Crippen LogP contribution >= 0.6 is 27.5 Å². The number of nitrogens with one attached hydrogen (secondary N) is 1. The highest BCUT2D eigenvalue weighted by atomic mass is 79.9. The topological polar surface area (TPSA) is 64.0 Å². The Kier molecular flexibility index (Phi) is 5.58. The molecule has 0 spiro atoms. The molecule has 0 radical (unpaired) electrons. The summed E-state index contributed by atoms with van der Waals surface area (Å²) >= 11 is 9.29. The molecular formula is C17H15BrClN3O2S. The second-order valence-corrected chi connectivity index (χ2v) is 8.48. The number of halogens is 2. The van der Waals surface area contributed by atoms with Crippen LogP contribution < -0.4 is 4.72 Å². The van der Waals surface area contributed by atoms with Crippen molar-refractivity contribution in [2.24, 2.45) is 0 Å². The van der Waals surface area contributed by atoms with Gasteiger partial charge in [-0.3, -0.25) is 4.68 Å². The number of benzene rings is 2. The number of hydrogen-bond donors (Lipinski definition) is 1. The molecule has 0 saturated carbocycles. The SMILES string of the molecule is O=S(=O)(NCc1ccc(Cn2cccn2)cc1)c1ccc(Br)cc1Cl. The van der Waals surface area contributed by atoms with Crippen LogP contribution in [0.15, 0.2) is 70.3 Å². The van der Waals surface area contributed by atoms with Crippen LogP contribution in [-0.4, -0.2) is 18.2 Å². The molecule has 2 aromatic carbocycles. The molecule has 8 heteroatoms.